The number of hydrogen-bond acceptors (Lipinski definition) is 4. The largest absolute Gasteiger partial charge is 0.508 e. The lowest BCUT2D eigenvalue weighted by molar-refractivity contribution is -0.123. The molecule has 1 amide bonds. The minimum Gasteiger partial charge on any atom is -0.508 e. The maximum Gasteiger partial charge on any atom is 0.405 e. The Bertz CT molecular complexity index is 1190. The molecular formula is C28H30F3N3O2. The van der Waals surface area contributed by atoms with Crippen LogP contribution in [0.5, 0.6) is 5.75 Å². The highest BCUT2D eigenvalue weighted by Crippen LogP contribution is 2.27. The summed E-state index contributed by atoms with van der Waals surface area (Å²) in [6.45, 7) is 5.07. The van der Waals surface area contributed by atoms with E-state index in [9.17, 15) is 23.1 Å². The lowest BCUT2D eigenvalue weighted by Crippen LogP contribution is -2.46. The lowest BCUT2D eigenvalue weighted by Gasteiger charge is -2.36. The van der Waals surface area contributed by atoms with Gasteiger partial charge in [-0.3, -0.25) is 9.69 Å². The van der Waals surface area contributed by atoms with E-state index in [2.05, 4.69) is 34.9 Å². The van der Waals surface area contributed by atoms with Crippen molar-refractivity contribution in [2.45, 2.75) is 26.1 Å². The van der Waals surface area contributed by atoms with Gasteiger partial charge in [-0.05, 0) is 65.1 Å². The topological polar surface area (TPSA) is 55.8 Å². The molecule has 1 aliphatic rings. The van der Waals surface area contributed by atoms with Crippen molar-refractivity contribution in [2.75, 3.05) is 37.6 Å². The average Bonchev–Trinajstić information content (AvgIpc) is 2.87. The average molecular weight is 498 g/mol. The van der Waals surface area contributed by atoms with Crippen molar-refractivity contribution in [3.63, 3.8) is 0 Å². The summed E-state index contributed by atoms with van der Waals surface area (Å²) >= 11 is 0. The summed E-state index contributed by atoms with van der Waals surface area (Å²) in [6.07, 6.45) is -3.51. The van der Waals surface area contributed by atoms with Crippen LogP contribution < -0.4 is 10.2 Å². The monoisotopic (exact) mass is 497 g/mol. The van der Waals surface area contributed by atoms with E-state index in [1.54, 1.807) is 36.4 Å². The third-order valence-electron chi connectivity index (χ3n) is 6.48. The van der Waals surface area contributed by atoms with Gasteiger partial charge in [-0.2, -0.15) is 13.2 Å². The molecule has 8 heteroatoms. The van der Waals surface area contributed by atoms with Gasteiger partial charge in [-0.15, -0.1) is 0 Å². The second kappa shape index (κ2) is 11.0. The highest BCUT2D eigenvalue weighted by atomic mass is 19.4. The summed E-state index contributed by atoms with van der Waals surface area (Å²) in [4.78, 5) is 16.6. The van der Waals surface area contributed by atoms with Crippen molar-refractivity contribution >= 4 is 11.6 Å². The third-order valence-corrected chi connectivity index (χ3v) is 6.48. The summed E-state index contributed by atoms with van der Waals surface area (Å²) in [7, 11) is 0. The van der Waals surface area contributed by atoms with Crippen LogP contribution in [0.15, 0.2) is 66.7 Å². The molecule has 3 aromatic rings. The Morgan fingerprint density at radius 1 is 0.917 bits per heavy atom. The number of nitrogens with zero attached hydrogens (tertiary/aromatic N) is 2. The first kappa shape index (κ1) is 25.6. The molecule has 0 unspecified atom stereocenters. The number of piperazine rings is 1. The molecule has 0 spiro atoms. The Labute approximate surface area is 209 Å². The van der Waals surface area contributed by atoms with Crippen LogP contribution in [-0.4, -0.2) is 54.8 Å². The van der Waals surface area contributed by atoms with Gasteiger partial charge in [0, 0.05) is 44.0 Å². The Morgan fingerprint density at radius 2 is 1.61 bits per heavy atom. The molecule has 0 bridgehead atoms. The number of phenolic OH excluding ortho intramolecular Hbond substituents is 1. The molecule has 1 fully saturated rings. The number of anilines is 1. The molecule has 190 valence electrons. The Hall–Kier alpha value is -3.52. The molecule has 5 nitrogen and oxygen atoms in total. The van der Waals surface area contributed by atoms with E-state index in [1.165, 1.54) is 11.1 Å². The van der Waals surface area contributed by atoms with E-state index in [1.807, 2.05) is 17.4 Å². The molecule has 4 rings (SSSR count). The van der Waals surface area contributed by atoms with E-state index in [4.69, 9.17) is 0 Å². The van der Waals surface area contributed by atoms with Crippen LogP contribution in [0.4, 0.5) is 18.9 Å². The fraction of sp³-hybridized carbons (Fsp3) is 0.321. The van der Waals surface area contributed by atoms with Gasteiger partial charge < -0.3 is 15.3 Å². The van der Waals surface area contributed by atoms with E-state index >= 15 is 0 Å². The molecule has 1 saturated heterocycles. The number of aromatic hydroxyl groups is 1. The first-order valence-electron chi connectivity index (χ1n) is 12.1. The van der Waals surface area contributed by atoms with Crippen molar-refractivity contribution in [3.8, 4) is 16.9 Å². The highest BCUT2D eigenvalue weighted by molar-refractivity contribution is 5.94. The number of aryl methyl sites for hydroxylation is 1. The van der Waals surface area contributed by atoms with Crippen molar-refractivity contribution < 1.29 is 23.1 Å². The first-order chi connectivity index (χ1) is 17.2. The van der Waals surface area contributed by atoms with Crippen LogP contribution in [0.2, 0.25) is 0 Å². The molecule has 1 aliphatic heterocycles. The number of phenols is 1. The molecular weight excluding hydrogens is 467 g/mol. The molecule has 0 atom stereocenters. The van der Waals surface area contributed by atoms with Gasteiger partial charge in [0.15, 0.2) is 0 Å². The van der Waals surface area contributed by atoms with Gasteiger partial charge in [0.2, 0.25) is 0 Å². The van der Waals surface area contributed by atoms with E-state index in [0.29, 0.717) is 0 Å². The van der Waals surface area contributed by atoms with E-state index < -0.39 is 18.6 Å². The van der Waals surface area contributed by atoms with Crippen molar-refractivity contribution in [2.24, 2.45) is 0 Å². The predicted molar refractivity (Wildman–Crippen MR) is 135 cm³/mol. The second-order valence-electron chi connectivity index (χ2n) is 9.00. The van der Waals surface area contributed by atoms with Gasteiger partial charge in [-0.25, -0.2) is 0 Å². The van der Waals surface area contributed by atoms with Gasteiger partial charge in [0.05, 0.1) is 0 Å². The molecule has 0 radical (unpaired) electrons. The van der Waals surface area contributed by atoms with Gasteiger partial charge in [0.1, 0.15) is 12.3 Å². The van der Waals surface area contributed by atoms with Crippen LogP contribution in [0.3, 0.4) is 0 Å². The SMILES string of the molecule is CCc1cc(-c2cccc(O)c2)ccc1CN1CCN(c2ccc(C(=O)NCC(F)(F)F)cc2)CC1. The van der Waals surface area contributed by atoms with Crippen LogP contribution in [0.1, 0.15) is 28.4 Å². The van der Waals surface area contributed by atoms with Crippen molar-refractivity contribution in [1.82, 2.24) is 10.2 Å². The number of carbonyl (C=O) groups is 1. The number of nitrogens with one attached hydrogen (secondary N) is 1. The summed E-state index contributed by atoms with van der Waals surface area (Å²) in [5.74, 6) is -0.475. The minimum absolute atomic E-state index is 0.211. The number of amides is 1. The maximum atomic E-state index is 12.3. The number of hydrogen-bond donors (Lipinski definition) is 2. The Morgan fingerprint density at radius 3 is 2.25 bits per heavy atom. The summed E-state index contributed by atoms with van der Waals surface area (Å²) in [5, 5.41) is 11.7. The zero-order valence-corrected chi connectivity index (χ0v) is 20.2. The van der Waals surface area contributed by atoms with Crippen LogP contribution in [-0.2, 0) is 13.0 Å². The summed E-state index contributed by atoms with van der Waals surface area (Å²) in [6, 6.07) is 20.5. The normalized spacial score (nSPS) is 14.6. The third kappa shape index (κ3) is 6.57. The van der Waals surface area contributed by atoms with Crippen molar-refractivity contribution in [3.05, 3.63) is 83.4 Å². The molecule has 1 heterocycles. The first-order valence-corrected chi connectivity index (χ1v) is 12.1. The van der Waals surface area contributed by atoms with Crippen LogP contribution in [0, 0.1) is 0 Å². The number of alkyl halides is 3. The molecule has 2 N–H and O–H groups in total. The summed E-state index contributed by atoms with van der Waals surface area (Å²) in [5.41, 5.74) is 5.83. The Balaban J connectivity index is 1.33. The van der Waals surface area contributed by atoms with E-state index in [0.717, 1.165) is 56.0 Å². The second-order valence-corrected chi connectivity index (χ2v) is 9.00. The predicted octanol–water partition coefficient (Wildman–Crippen LogP) is 5.24. The van der Waals surface area contributed by atoms with Gasteiger partial charge in [0.25, 0.3) is 5.91 Å². The number of carbonyl (C=O) groups excluding carboxylic acids is 1. The zero-order valence-electron chi connectivity index (χ0n) is 20.2. The smallest absolute Gasteiger partial charge is 0.405 e. The highest BCUT2D eigenvalue weighted by Gasteiger charge is 2.28. The maximum absolute atomic E-state index is 12.3. The van der Waals surface area contributed by atoms with Crippen molar-refractivity contribution in [1.29, 1.82) is 0 Å². The molecule has 3 aromatic carbocycles. The number of rotatable bonds is 7. The molecule has 0 saturated carbocycles. The van der Waals surface area contributed by atoms with Crippen LogP contribution >= 0.6 is 0 Å². The van der Waals surface area contributed by atoms with Crippen LogP contribution in [0.25, 0.3) is 11.1 Å². The van der Waals surface area contributed by atoms with E-state index in [-0.39, 0.29) is 11.3 Å². The fourth-order valence-electron chi connectivity index (χ4n) is 4.49. The summed E-state index contributed by atoms with van der Waals surface area (Å²) < 4.78 is 37.0. The van der Waals surface area contributed by atoms with Gasteiger partial charge >= 0.3 is 6.18 Å². The zero-order chi connectivity index (χ0) is 25.7. The molecule has 36 heavy (non-hydrogen) atoms. The number of halogens is 3. The number of benzene rings is 3. The Kier molecular flexibility index (Phi) is 7.84. The quantitative estimate of drug-likeness (QED) is 0.469. The lowest BCUT2D eigenvalue weighted by atomic mass is 9.97. The standard InChI is InChI=1S/C28H30F3N3O2/c1-2-20-16-23(22-4-3-5-26(35)17-22)6-7-24(20)18-33-12-14-34(15-13-33)25-10-8-21(9-11-25)27(36)32-19-28(29,30)31/h3-11,16-17,35H,2,12-15,18-19H2,1H3,(H,32,36). The van der Waals surface area contributed by atoms with Gasteiger partial charge in [-0.1, -0.05) is 37.3 Å². The molecule has 0 aliphatic carbocycles. The molecule has 0 aromatic heterocycles. The minimum atomic E-state index is -4.43. The fourth-order valence-corrected chi connectivity index (χ4v) is 4.49.